The van der Waals surface area contributed by atoms with Gasteiger partial charge in [-0.1, -0.05) is 19.1 Å². The first kappa shape index (κ1) is 11.9. The van der Waals surface area contributed by atoms with Gasteiger partial charge in [-0.15, -0.1) is 0 Å². The molecule has 1 aromatic rings. The second-order valence-corrected chi connectivity index (χ2v) is 5.21. The van der Waals surface area contributed by atoms with Crippen LogP contribution in [0.4, 0.5) is 0 Å². The molecule has 0 aromatic carbocycles. The molecule has 0 aliphatic rings. The molecule has 0 fully saturated rings. The van der Waals surface area contributed by atoms with E-state index in [4.69, 9.17) is 0 Å². The maximum atomic E-state index is 12.0. The van der Waals surface area contributed by atoms with Gasteiger partial charge in [0, 0.05) is 13.1 Å². The lowest BCUT2D eigenvalue weighted by Gasteiger charge is -2.19. The average Bonchev–Trinajstić information content (AvgIpc) is 2.66. The van der Waals surface area contributed by atoms with E-state index in [0.717, 1.165) is 5.57 Å². The van der Waals surface area contributed by atoms with Crippen molar-refractivity contribution in [2.24, 2.45) is 0 Å². The summed E-state index contributed by atoms with van der Waals surface area (Å²) in [5.74, 6) is 0. The van der Waals surface area contributed by atoms with Gasteiger partial charge in [-0.25, -0.2) is 13.4 Å². The first-order valence-electron chi connectivity index (χ1n) is 4.61. The van der Waals surface area contributed by atoms with Crippen LogP contribution in [-0.2, 0) is 10.0 Å². The van der Waals surface area contributed by atoms with E-state index < -0.39 is 10.0 Å². The standard InChI is InChI=1S/C9H15N3O2S/c1-4-12(6-8(2)3)15(13,14)9-5-10-7-11-9/h5,7H,2,4,6H2,1,3H3,(H,10,11). The Morgan fingerprint density at radius 3 is 2.73 bits per heavy atom. The summed E-state index contributed by atoms with van der Waals surface area (Å²) in [5.41, 5.74) is 0.806. The number of hydrogen-bond acceptors (Lipinski definition) is 3. The van der Waals surface area contributed by atoms with Crippen molar-refractivity contribution in [3.63, 3.8) is 0 Å². The fourth-order valence-corrected chi connectivity index (χ4v) is 2.60. The quantitative estimate of drug-likeness (QED) is 0.766. The lowest BCUT2D eigenvalue weighted by atomic mass is 10.3. The van der Waals surface area contributed by atoms with Crippen molar-refractivity contribution in [2.45, 2.75) is 18.9 Å². The molecule has 15 heavy (non-hydrogen) atoms. The third kappa shape index (κ3) is 2.66. The Morgan fingerprint density at radius 1 is 1.67 bits per heavy atom. The number of imidazole rings is 1. The van der Waals surface area contributed by atoms with Crippen LogP contribution < -0.4 is 0 Å². The van der Waals surface area contributed by atoms with E-state index >= 15 is 0 Å². The highest BCUT2D eigenvalue weighted by Gasteiger charge is 2.23. The van der Waals surface area contributed by atoms with Crippen molar-refractivity contribution < 1.29 is 8.42 Å². The number of sulfonamides is 1. The molecule has 0 radical (unpaired) electrons. The lowest BCUT2D eigenvalue weighted by molar-refractivity contribution is 0.450. The summed E-state index contributed by atoms with van der Waals surface area (Å²) in [4.78, 5) is 6.30. The third-order valence-corrected chi connectivity index (χ3v) is 3.74. The van der Waals surface area contributed by atoms with Crippen LogP contribution >= 0.6 is 0 Å². The highest BCUT2D eigenvalue weighted by atomic mass is 32.2. The van der Waals surface area contributed by atoms with Gasteiger partial charge in [0.2, 0.25) is 0 Å². The topological polar surface area (TPSA) is 66.1 Å². The van der Waals surface area contributed by atoms with E-state index in [0.29, 0.717) is 13.1 Å². The van der Waals surface area contributed by atoms with Crippen molar-refractivity contribution in [1.82, 2.24) is 14.3 Å². The van der Waals surface area contributed by atoms with E-state index in [1.807, 2.05) is 0 Å². The number of nitrogens with one attached hydrogen (secondary N) is 1. The highest BCUT2D eigenvalue weighted by molar-refractivity contribution is 7.89. The molecule has 0 saturated carbocycles. The minimum Gasteiger partial charge on any atom is -0.335 e. The molecule has 0 saturated heterocycles. The van der Waals surface area contributed by atoms with E-state index in [-0.39, 0.29) is 5.03 Å². The highest BCUT2D eigenvalue weighted by Crippen LogP contribution is 2.12. The molecule has 84 valence electrons. The lowest BCUT2D eigenvalue weighted by Crippen LogP contribution is -2.32. The number of likely N-dealkylation sites (N-methyl/N-ethyl adjacent to an activating group) is 1. The van der Waals surface area contributed by atoms with Crippen LogP contribution in [0.5, 0.6) is 0 Å². The van der Waals surface area contributed by atoms with Crippen LogP contribution in [0.1, 0.15) is 13.8 Å². The number of H-pyrrole nitrogens is 1. The molecule has 1 heterocycles. The van der Waals surface area contributed by atoms with Gasteiger partial charge >= 0.3 is 0 Å². The number of nitrogens with zero attached hydrogens (tertiary/aromatic N) is 2. The fraction of sp³-hybridized carbons (Fsp3) is 0.444. The molecule has 0 aliphatic carbocycles. The Hall–Kier alpha value is -1.14. The molecule has 0 aliphatic heterocycles. The largest absolute Gasteiger partial charge is 0.335 e. The van der Waals surface area contributed by atoms with Crippen molar-refractivity contribution in [2.75, 3.05) is 13.1 Å². The molecule has 0 spiro atoms. The average molecular weight is 229 g/mol. The third-order valence-electron chi connectivity index (χ3n) is 1.89. The maximum Gasteiger partial charge on any atom is 0.260 e. The summed E-state index contributed by atoms with van der Waals surface area (Å²) in [6.07, 6.45) is 2.65. The zero-order valence-corrected chi connectivity index (χ0v) is 9.71. The predicted octanol–water partition coefficient (Wildman–Crippen LogP) is 0.996. The normalized spacial score (nSPS) is 11.9. The molecule has 1 aromatic heterocycles. The Balaban J connectivity index is 2.98. The first-order chi connectivity index (χ1) is 6.98. The maximum absolute atomic E-state index is 12.0. The zero-order valence-electron chi connectivity index (χ0n) is 8.90. The molecular formula is C9H15N3O2S. The summed E-state index contributed by atoms with van der Waals surface area (Å²) >= 11 is 0. The summed E-state index contributed by atoms with van der Waals surface area (Å²) in [6, 6.07) is 0. The van der Waals surface area contributed by atoms with Crippen molar-refractivity contribution >= 4 is 10.0 Å². The molecule has 1 rings (SSSR count). The smallest absolute Gasteiger partial charge is 0.260 e. The molecule has 6 heteroatoms. The number of hydrogen-bond donors (Lipinski definition) is 1. The van der Waals surface area contributed by atoms with Crippen molar-refractivity contribution in [3.8, 4) is 0 Å². The summed E-state index contributed by atoms with van der Waals surface area (Å²) < 4.78 is 25.3. The molecule has 0 atom stereocenters. The molecular weight excluding hydrogens is 214 g/mol. The minimum absolute atomic E-state index is 0.116. The number of aromatic amines is 1. The van der Waals surface area contributed by atoms with E-state index in [2.05, 4.69) is 16.5 Å². The van der Waals surface area contributed by atoms with Gasteiger partial charge in [0.25, 0.3) is 10.0 Å². The Kier molecular flexibility index (Phi) is 3.65. The molecule has 0 unspecified atom stereocenters. The molecule has 5 nitrogen and oxygen atoms in total. The second kappa shape index (κ2) is 4.59. The zero-order chi connectivity index (χ0) is 11.5. The Morgan fingerprint density at radius 2 is 2.33 bits per heavy atom. The first-order valence-corrected chi connectivity index (χ1v) is 6.05. The van der Waals surface area contributed by atoms with Crippen molar-refractivity contribution in [3.05, 3.63) is 24.7 Å². The predicted molar refractivity (Wildman–Crippen MR) is 57.8 cm³/mol. The molecule has 0 amide bonds. The van der Waals surface area contributed by atoms with Gasteiger partial charge < -0.3 is 4.98 Å². The van der Waals surface area contributed by atoms with Gasteiger partial charge in [0.15, 0.2) is 5.03 Å². The second-order valence-electron chi connectivity index (χ2n) is 3.30. The van der Waals surface area contributed by atoms with Crippen LogP contribution in [0.2, 0.25) is 0 Å². The van der Waals surface area contributed by atoms with Gasteiger partial charge in [-0.05, 0) is 6.92 Å². The Labute approximate surface area is 89.9 Å². The number of aromatic nitrogens is 2. The number of rotatable bonds is 5. The summed E-state index contributed by atoms with van der Waals surface area (Å²) in [5, 5.41) is 0.116. The van der Waals surface area contributed by atoms with Crippen LogP contribution in [-0.4, -0.2) is 35.8 Å². The SMILES string of the molecule is C=C(C)CN(CC)S(=O)(=O)c1cnc[nH]1. The van der Waals surface area contributed by atoms with Gasteiger partial charge in [-0.2, -0.15) is 4.31 Å². The van der Waals surface area contributed by atoms with E-state index in [9.17, 15) is 8.42 Å². The Bertz CT molecular complexity index is 422. The summed E-state index contributed by atoms with van der Waals surface area (Å²) in [6.45, 7) is 8.03. The summed E-state index contributed by atoms with van der Waals surface area (Å²) in [7, 11) is -3.45. The molecule has 0 bridgehead atoms. The van der Waals surface area contributed by atoms with Crippen LogP contribution in [0.15, 0.2) is 29.7 Å². The van der Waals surface area contributed by atoms with E-state index in [1.54, 1.807) is 13.8 Å². The van der Waals surface area contributed by atoms with Gasteiger partial charge in [0.05, 0.1) is 12.5 Å². The van der Waals surface area contributed by atoms with Crippen LogP contribution in [0.3, 0.4) is 0 Å². The van der Waals surface area contributed by atoms with Gasteiger partial charge in [-0.3, -0.25) is 0 Å². The monoisotopic (exact) mass is 229 g/mol. The van der Waals surface area contributed by atoms with Crippen LogP contribution in [0, 0.1) is 0 Å². The fourth-order valence-electron chi connectivity index (χ4n) is 1.19. The van der Waals surface area contributed by atoms with Crippen LogP contribution in [0.25, 0.3) is 0 Å². The minimum atomic E-state index is -3.45. The van der Waals surface area contributed by atoms with Gasteiger partial charge in [0.1, 0.15) is 0 Å². The molecule has 1 N–H and O–H groups in total. The van der Waals surface area contributed by atoms with Crippen molar-refractivity contribution in [1.29, 1.82) is 0 Å². The van der Waals surface area contributed by atoms with E-state index in [1.165, 1.54) is 16.8 Å².